The highest BCUT2D eigenvalue weighted by molar-refractivity contribution is 7.48. The zero-order valence-corrected chi connectivity index (χ0v) is 34.9. The lowest BCUT2D eigenvalue weighted by atomic mass is 9.97. The van der Waals surface area contributed by atoms with Gasteiger partial charge in [-0.3, -0.25) is 41.5 Å². The zero-order chi connectivity index (χ0) is 42.5. The van der Waals surface area contributed by atoms with Gasteiger partial charge in [-0.25, -0.2) is 18.6 Å². The number of methoxy groups -OCH3 is 1. The number of nitriles is 5. The summed E-state index contributed by atoms with van der Waals surface area (Å²) >= 11 is 0. The van der Waals surface area contributed by atoms with Crippen molar-refractivity contribution in [2.75, 3.05) is 53.4 Å². The third-order valence-corrected chi connectivity index (χ3v) is 12.5. The minimum absolute atomic E-state index is 0.0274. The van der Waals surface area contributed by atoms with Crippen LogP contribution >= 0.6 is 24.2 Å². The van der Waals surface area contributed by atoms with E-state index in [1.807, 2.05) is 62.7 Å². The number of aromatic nitrogens is 2. The Morgan fingerprint density at radius 3 is 1.61 bits per heavy atom. The molecule has 25 heteroatoms. The van der Waals surface area contributed by atoms with Crippen LogP contribution in [0.3, 0.4) is 0 Å². The van der Waals surface area contributed by atoms with Crippen LogP contribution in [-0.4, -0.2) is 97.5 Å². The first-order valence-corrected chi connectivity index (χ1v) is 21.6. The van der Waals surface area contributed by atoms with E-state index in [0.717, 1.165) is 16.8 Å². The van der Waals surface area contributed by atoms with Crippen molar-refractivity contribution in [3.8, 4) is 30.3 Å². The largest absolute Gasteiger partial charge is 0.474 e. The van der Waals surface area contributed by atoms with E-state index in [0.29, 0.717) is 0 Å². The van der Waals surface area contributed by atoms with E-state index in [9.17, 15) is 24.0 Å². The highest BCUT2D eigenvalue weighted by atomic mass is 31.2. The van der Waals surface area contributed by atoms with Gasteiger partial charge in [-0.05, 0) is 27.7 Å². The van der Waals surface area contributed by atoms with Crippen molar-refractivity contribution < 1.29 is 54.8 Å². The SMILES string of the molecule is CO[C@H]1C(OP(OCCC#N)N(C(C)C)C(C)C)C(COP(=O)(OCCC#N)OCCC#N)(COP(=O)(OCCC#N)OCCC#N)O[C@H]1n1ccc(=O)[nH]c1=O. The van der Waals surface area contributed by atoms with Crippen LogP contribution in [0.1, 0.15) is 66.0 Å². The smallest absolute Gasteiger partial charge is 0.374 e. The van der Waals surface area contributed by atoms with Crippen LogP contribution in [0.25, 0.3) is 0 Å². The Morgan fingerprint density at radius 2 is 1.23 bits per heavy atom. The van der Waals surface area contributed by atoms with Gasteiger partial charge in [-0.15, -0.1) is 0 Å². The number of aromatic amines is 1. The van der Waals surface area contributed by atoms with Crippen molar-refractivity contribution in [2.24, 2.45) is 0 Å². The van der Waals surface area contributed by atoms with Gasteiger partial charge in [0.05, 0.1) is 109 Å². The molecule has 1 N–H and O–H groups in total. The molecule has 4 atom stereocenters. The van der Waals surface area contributed by atoms with Crippen molar-refractivity contribution >= 4 is 24.2 Å². The Labute approximate surface area is 331 Å². The third-order valence-electron chi connectivity index (χ3n) is 7.50. The number of phosphoric ester groups is 2. The number of H-pyrrole nitrogens is 1. The average Bonchev–Trinajstić information content (AvgIpc) is 3.46. The fraction of sp³-hybridized carbons (Fsp3) is 0.719. The molecule has 0 radical (unpaired) electrons. The lowest BCUT2D eigenvalue weighted by Gasteiger charge is -2.41. The van der Waals surface area contributed by atoms with Crippen molar-refractivity contribution in [1.82, 2.24) is 14.2 Å². The van der Waals surface area contributed by atoms with E-state index in [2.05, 4.69) is 4.98 Å². The van der Waals surface area contributed by atoms with Crippen molar-refractivity contribution in [3.05, 3.63) is 33.1 Å². The molecule has 1 fully saturated rings. The van der Waals surface area contributed by atoms with Gasteiger partial charge in [0.1, 0.15) is 17.8 Å². The number of nitrogens with zero attached hydrogens (tertiary/aromatic N) is 7. The van der Waals surface area contributed by atoms with E-state index >= 15 is 0 Å². The topological polar surface area (TPSA) is 303 Å². The molecule has 1 aliphatic rings. The maximum Gasteiger partial charge on any atom is 0.474 e. The van der Waals surface area contributed by atoms with Gasteiger partial charge >= 0.3 is 21.3 Å². The molecule has 1 aliphatic heterocycles. The van der Waals surface area contributed by atoms with Crippen molar-refractivity contribution in [1.29, 1.82) is 26.3 Å². The van der Waals surface area contributed by atoms with E-state index < -0.39 is 99.1 Å². The van der Waals surface area contributed by atoms with Gasteiger partial charge in [0, 0.05) is 31.5 Å². The molecule has 0 aliphatic carbocycles. The summed E-state index contributed by atoms with van der Waals surface area (Å²) in [5, 5.41) is 45.7. The second kappa shape index (κ2) is 25.2. The Hall–Kier alpha value is -3.42. The zero-order valence-electron chi connectivity index (χ0n) is 32.2. The Morgan fingerprint density at radius 1 is 0.789 bits per heavy atom. The van der Waals surface area contributed by atoms with E-state index in [4.69, 9.17) is 66.7 Å². The second-order valence-electron chi connectivity index (χ2n) is 12.3. The summed E-state index contributed by atoms with van der Waals surface area (Å²) in [6.45, 7) is 3.89. The van der Waals surface area contributed by atoms with E-state index in [-0.39, 0.29) is 50.8 Å². The molecule has 22 nitrogen and oxygen atoms in total. The van der Waals surface area contributed by atoms with Crippen LogP contribution in [-0.2, 0) is 54.8 Å². The molecule has 0 saturated carbocycles. The number of phosphoric acid groups is 2. The first-order chi connectivity index (χ1) is 27.2. The molecule has 2 unspecified atom stereocenters. The number of ether oxygens (including phenoxy) is 2. The molecule has 2 rings (SSSR count). The number of rotatable bonds is 28. The molecule has 1 aromatic heterocycles. The van der Waals surface area contributed by atoms with Crippen LogP contribution < -0.4 is 11.2 Å². The van der Waals surface area contributed by atoms with E-state index in [1.54, 1.807) is 0 Å². The summed E-state index contributed by atoms with van der Waals surface area (Å²) in [7, 11) is -10.3. The molecule has 314 valence electrons. The fourth-order valence-electron chi connectivity index (χ4n) is 5.14. The van der Waals surface area contributed by atoms with E-state index in [1.165, 1.54) is 7.11 Å². The minimum Gasteiger partial charge on any atom is -0.374 e. The van der Waals surface area contributed by atoms with Gasteiger partial charge in [0.25, 0.3) is 14.1 Å². The minimum atomic E-state index is -4.68. The fourth-order valence-corrected chi connectivity index (χ4v) is 9.41. The maximum absolute atomic E-state index is 14.0. The summed E-state index contributed by atoms with van der Waals surface area (Å²) in [5.41, 5.74) is -3.87. The quantitative estimate of drug-likeness (QED) is 0.0898. The van der Waals surface area contributed by atoms with Gasteiger partial charge < -0.3 is 18.5 Å². The molecule has 0 spiro atoms. The molecule has 1 saturated heterocycles. The molecule has 2 heterocycles. The first-order valence-electron chi connectivity index (χ1n) is 17.5. The molecular formula is C32H47N8O14P3. The highest BCUT2D eigenvalue weighted by Gasteiger charge is 2.61. The van der Waals surface area contributed by atoms with Crippen LogP contribution in [0.2, 0.25) is 0 Å². The number of hydrogen-bond acceptors (Lipinski definition) is 20. The van der Waals surface area contributed by atoms with Crippen LogP contribution in [0.4, 0.5) is 0 Å². The summed E-state index contributed by atoms with van der Waals surface area (Å²) in [6.07, 6.45) is -4.21. The molecule has 0 bridgehead atoms. The monoisotopic (exact) mass is 860 g/mol. The normalized spacial score (nSPS) is 18.5. The van der Waals surface area contributed by atoms with Gasteiger partial charge in [0.15, 0.2) is 6.23 Å². The number of hydrogen-bond donors (Lipinski definition) is 1. The van der Waals surface area contributed by atoms with Crippen molar-refractivity contribution in [3.63, 3.8) is 0 Å². The van der Waals surface area contributed by atoms with Gasteiger partial charge in [-0.2, -0.15) is 26.3 Å². The summed E-state index contributed by atoms with van der Waals surface area (Å²) in [5.74, 6) is 0. The summed E-state index contributed by atoms with van der Waals surface area (Å²) in [4.78, 5) is 27.5. The predicted octanol–water partition coefficient (Wildman–Crippen LogP) is 4.45. The Bertz CT molecular complexity index is 1730. The molecular weight excluding hydrogens is 813 g/mol. The lowest BCUT2D eigenvalue weighted by Crippen LogP contribution is -2.52. The molecule has 1 aromatic rings. The third kappa shape index (κ3) is 15.4. The van der Waals surface area contributed by atoms with Gasteiger partial charge in [-0.1, -0.05) is 0 Å². The highest BCUT2D eigenvalue weighted by Crippen LogP contribution is 2.57. The standard InChI is InChI=1S/C32H47N8O14P3/c1-25(2)40(26(3)4)55(46-18-6-12-33)54-29-28(45-5)30(39-17-11-27(41)38-31(39)42)53-32(29,23-51-56(43,47-19-7-13-34)48-20-8-14-35)24-52-57(44,49-21-9-15-36)50-22-10-16-37/h11,17,25-26,28-30H,6-10,18-24H2,1-5H3,(H,38,41,42)/t28-,29?,30+,55?/m0/s1. The van der Waals surface area contributed by atoms with Gasteiger partial charge in [0.2, 0.25) is 0 Å². The Kier molecular flexibility index (Phi) is 21.9. The molecule has 57 heavy (non-hydrogen) atoms. The second-order valence-corrected chi connectivity index (χ2v) is 17.0. The van der Waals surface area contributed by atoms with Crippen LogP contribution in [0.15, 0.2) is 21.9 Å². The average molecular weight is 861 g/mol. The van der Waals surface area contributed by atoms with Crippen LogP contribution in [0.5, 0.6) is 0 Å². The predicted molar refractivity (Wildman–Crippen MR) is 197 cm³/mol. The first kappa shape index (κ1) is 49.7. The van der Waals surface area contributed by atoms with Crippen LogP contribution in [0, 0.1) is 56.7 Å². The maximum atomic E-state index is 14.0. The lowest BCUT2D eigenvalue weighted by molar-refractivity contribution is -0.146. The molecule has 0 aromatic carbocycles. The summed E-state index contributed by atoms with van der Waals surface area (Å²) in [6, 6.07) is 9.91. The summed E-state index contributed by atoms with van der Waals surface area (Å²) < 4.78 is 89.3. The van der Waals surface area contributed by atoms with Crippen molar-refractivity contribution in [2.45, 2.75) is 95.9 Å². The number of nitrogens with one attached hydrogen (secondary N) is 1. The molecule has 0 amide bonds. The Balaban J connectivity index is 2.92.